The third-order valence-corrected chi connectivity index (χ3v) is 1.47. The fourth-order valence-corrected chi connectivity index (χ4v) is 0.919. The van der Waals surface area contributed by atoms with Gasteiger partial charge in [-0.05, 0) is 0 Å². The third kappa shape index (κ3) is 2.91. The van der Waals surface area contributed by atoms with E-state index in [-0.39, 0.29) is 5.24 Å². The fourth-order valence-electron chi connectivity index (χ4n) is 0.807. The Bertz CT molecular complexity index is 272. The van der Waals surface area contributed by atoms with E-state index in [1.807, 2.05) is 6.20 Å². The summed E-state index contributed by atoms with van der Waals surface area (Å²) in [5, 5.41) is 9.83. The quantitative estimate of drug-likeness (QED) is 0.653. The highest BCUT2D eigenvalue weighted by Gasteiger charge is 1.98. The van der Waals surface area contributed by atoms with Crippen molar-refractivity contribution in [2.75, 3.05) is 6.54 Å². The molecule has 0 aliphatic heterocycles. The van der Waals surface area contributed by atoms with E-state index in [1.165, 1.54) is 0 Å². The molecule has 6 heteroatoms. The van der Waals surface area contributed by atoms with Gasteiger partial charge < -0.3 is 5.32 Å². The topological polar surface area (TPSA) is 59.8 Å². The molecule has 0 aliphatic carbocycles. The Morgan fingerprint density at radius 3 is 3.08 bits per heavy atom. The lowest BCUT2D eigenvalue weighted by molar-refractivity contribution is 0.261. The zero-order valence-electron chi connectivity index (χ0n) is 6.69. The summed E-state index contributed by atoms with van der Waals surface area (Å²) in [6.07, 6.45) is 2.49. The number of thiol groups is 1. The van der Waals surface area contributed by atoms with Crippen LogP contribution in [-0.2, 0) is 13.5 Å². The monoisotopic (exact) mass is 186 g/mol. The molecule has 0 atom stereocenters. The summed E-state index contributed by atoms with van der Waals surface area (Å²) >= 11 is 3.56. The van der Waals surface area contributed by atoms with Gasteiger partial charge in [-0.1, -0.05) is 17.8 Å². The number of aromatic nitrogens is 3. The molecule has 1 rings (SSSR count). The number of aryl methyl sites for hydroxylation is 1. The van der Waals surface area contributed by atoms with Gasteiger partial charge in [0.1, 0.15) is 0 Å². The predicted molar refractivity (Wildman–Crippen MR) is 47.1 cm³/mol. The van der Waals surface area contributed by atoms with Gasteiger partial charge in [-0.3, -0.25) is 9.48 Å². The summed E-state index contributed by atoms with van der Waals surface area (Å²) in [6.45, 7) is 0.543. The minimum absolute atomic E-state index is 0.320. The number of amides is 1. The third-order valence-electron chi connectivity index (χ3n) is 1.31. The summed E-state index contributed by atoms with van der Waals surface area (Å²) in [6, 6.07) is 0. The van der Waals surface area contributed by atoms with Crippen molar-refractivity contribution in [2.24, 2.45) is 7.05 Å². The zero-order chi connectivity index (χ0) is 8.97. The van der Waals surface area contributed by atoms with Gasteiger partial charge >= 0.3 is 0 Å². The molecule has 0 fully saturated rings. The molecule has 0 bridgehead atoms. The summed E-state index contributed by atoms with van der Waals surface area (Å²) in [4.78, 5) is 10.4. The maximum absolute atomic E-state index is 10.4. The maximum atomic E-state index is 10.4. The van der Waals surface area contributed by atoms with Gasteiger partial charge in [-0.15, -0.1) is 5.10 Å². The first kappa shape index (κ1) is 9.05. The summed E-state index contributed by atoms with van der Waals surface area (Å²) in [5.41, 5.74) is 0.861. The molecule has 66 valence electrons. The Balaban J connectivity index is 2.29. The normalized spacial score (nSPS) is 9.83. The molecule has 1 aromatic rings. The minimum atomic E-state index is -0.320. The predicted octanol–water partition coefficient (Wildman–Crippen LogP) is -0.00300. The summed E-state index contributed by atoms with van der Waals surface area (Å²) in [7, 11) is 1.80. The summed E-state index contributed by atoms with van der Waals surface area (Å²) in [5.74, 6) is 0. The van der Waals surface area contributed by atoms with E-state index in [0.717, 1.165) is 5.69 Å². The molecule has 0 spiro atoms. The van der Waals surface area contributed by atoms with E-state index in [4.69, 9.17) is 0 Å². The van der Waals surface area contributed by atoms with Crippen molar-refractivity contribution in [3.63, 3.8) is 0 Å². The smallest absolute Gasteiger partial charge is 0.275 e. The van der Waals surface area contributed by atoms with Gasteiger partial charge in [0.2, 0.25) is 0 Å². The van der Waals surface area contributed by atoms with Crippen molar-refractivity contribution in [1.82, 2.24) is 20.3 Å². The first-order chi connectivity index (χ1) is 5.68. The fraction of sp³-hybridized carbons (Fsp3) is 0.500. The van der Waals surface area contributed by atoms with Crippen molar-refractivity contribution < 1.29 is 4.79 Å². The first-order valence-electron chi connectivity index (χ1n) is 3.50. The van der Waals surface area contributed by atoms with Gasteiger partial charge in [0.15, 0.2) is 0 Å². The van der Waals surface area contributed by atoms with Gasteiger partial charge in [0, 0.05) is 26.2 Å². The number of rotatable bonds is 3. The Kier molecular flexibility index (Phi) is 3.09. The van der Waals surface area contributed by atoms with Crippen LogP contribution in [0.4, 0.5) is 4.79 Å². The molecule has 12 heavy (non-hydrogen) atoms. The van der Waals surface area contributed by atoms with Crippen LogP contribution in [0.5, 0.6) is 0 Å². The molecular weight excluding hydrogens is 176 g/mol. The Morgan fingerprint density at radius 1 is 1.83 bits per heavy atom. The Hall–Kier alpha value is -1.04. The largest absolute Gasteiger partial charge is 0.347 e. The Morgan fingerprint density at radius 2 is 2.58 bits per heavy atom. The van der Waals surface area contributed by atoms with E-state index in [2.05, 4.69) is 28.3 Å². The molecule has 0 saturated carbocycles. The van der Waals surface area contributed by atoms with Crippen molar-refractivity contribution in [3.05, 3.63) is 11.9 Å². The molecule has 0 unspecified atom stereocenters. The van der Waals surface area contributed by atoms with E-state index < -0.39 is 0 Å². The molecule has 1 aromatic heterocycles. The van der Waals surface area contributed by atoms with Crippen molar-refractivity contribution in [3.8, 4) is 0 Å². The van der Waals surface area contributed by atoms with Gasteiger partial charge in [0.05, 0.1) is 5.69 Å². The van der Waals surface area contributed by atoms with Gasteiger partial charge in [0.25, 0.3) is 5.24 Å². The SMILES string of the molecule is Cn1cc(CCNC(=O)S)nn1. The molecule has 5 nitrogen and oxygen atoms in total. The number of carbonyl (C=O) groups is 1. The molecule has 1 N–H and O–H groups in total. The molecule has 0 aromatic carbocycles. The average Bonchev–Trinajstić information content (AvgIpc) is 2.35. The van der Waals surface area contributed by atoms with E-state index in [1.54, 1.807) is 11.7 Å². The standard InChI is InChI=1S/C6H10N4OS/c1-10-4-5(8-9-10)2-3-7-6(11)12/h4H,2-3H2,1H3,(H2,7,11,12). The molecular formula is C6H10N4OS. The lowest BCUT2D eigenvalue weighted by atomic mass is 10.3. The van der Waals surface area contributed by atoms with Crippen LogP contribution in [0, 0.1) is 0 Å². The molecule has 0 saturated heterocycles. The van der Waals surface area contributed by atoms with Crippen LogP contribution in [0.25, 0.3) is 0 Å². The van der Waals surface area contributed by atoms with Crippen LogP contribution in [0.3, 0.4) is 0 Å². The minimum Gasteiger partial charge on any atom is -0.347 e. The van der Waals surface area contributed by atoms with Crippen molar-refractivity contribution in [2.45, 2.75) is 6.42 Å². The highest BCUT2D eigenvalue weighted by atomic mass is 32.1. The van der Waals surface area contributed by atoms with Crippen LogP contribution in [0.15, 0.2) is 6.20 Å². The van der Waals surface area contributed by atoms with E-state index in [9.17, 15) is 4.79 Å². The van der Waals surface area contributed by atoms with Crippen molar-refractivity contribution in [1.29, 1.82) is 0 Å². The maximum Gasteiger partial charge on any atom is 0.275 e. The van der Waals surface area contributed by atoms with Crippen LogP contribution >= 0.6 is 12.6 Å². The van der Waals surface area contributed by atoms with Crippen LogP contribution in [0.1, 0.15) is 5.69 Å². The molecule has 0 aliphatic rings. The highest BCUT2D eigenvalue weighted by Crippen LogP contribution is 1.91. The van der Waals surface area contributed by atoms with E-state index >= 15 is 0 Å². The number of hydrogen-bond donors (Lipinski definition) is 2. The highest BCUT2D eigenvalue weighted by molar-refractivity contribution is 7.96. The molecule has 1 amide bonds. The lowest BCUT2D eigenvalue weighted by Crippen LogP contribution is -2.19. The lowest BCUT2D eigenvalue weighted by Gasteiger charge is -1.96. The number of carbonyl (C=O) groups excluding carboxylic acids is 1. The number of nitrogens with one attached hydrogen (secondary N) is 1. The summed E-state index contributed by atoms with van der Waals surface area (Å²) < 4.78 is 1.62. The second kappa shape index (κ2) is 4.10. The van der Waals surface area contributed by atoms with Crippen LogP contribution < -0.4 is 5.32 Å². The van der Waals surface area contributed by atoms with Gasteiger partial charge in [-0.25, -0.2) is 0 Å². The second-order valence-electron chi connectivity index (χ2n) is 2.37. The first-order valence-corrected chi connectivity index (χ1v) is 3.95. The number of nitrogens with zero attached hydrogens (tertiary/aromatic N) is 3. The molecule has 1 heterocycles. The second-order valence-corrected chi connectivity index (χ2v) is 2.77. The zero-order valence-corrected chi connectivity index (χ0v) is 7.58. The molecule has 0 radical (unpaired) electrons. The van der Waals surface area contributed by atoms with Crippen LogP contribution in [-0.4, -0.2) is 26.8 Å². The average molecular weight is 186 g/mol. The van der Waals surface area contributed by atoms with Gasteiger partial charge in [-0.2, -0.15) is 0 Å². The van der Waals surface area contributed by atoms with Crippen LogP contribution in [0.2, 0.25) is 0 Å². The van der Waals surface area contributed by atoms with E-state index in [0.29, 0.717) is 13.0 Å². The number of hydrogen-bond acceptors (Lipinski definition) is 3. The van der Waals surface area contributed by atoms with Crippen molar-refractivity contribution >= 4 is 17.9 Å². The Labute approximate surface area is 75.6 Å².